The van der Waals surface area contributed by atoms with Gasteiger partial charge in [0.2, 0.25) is 0 Å². The lowest BCUT2D eigenvalue weighted by molar-refractivity contribution is -0.841. The number of nitrogens with one attached hydrogen (secondary N) is 1. The summed E-state index contributed by atoms with van der Waals surface area (Å²) in [5.74, 6) is 1.54. The molecule has 216 valence electrons. The monoisotopic (exact) mass is 522 g/mol. The Bertz CT molecular complexity index is 700. The van der Waals surface area contributed by atoms with Crippen LogP contribution < -0.4 is 4.90 Å². The fourth-order valence-electron chi connectivity index (χ4n) is 6.41. The van der Waals surface area contributed by atoms with Crippen molar-refractivity contribution in [2.24, 2.45) is 0 Å². The van der Waals surface area contributed by atoms with Gasteiger partial charge in [-0.2, -0.15) is 0 Å². The van der Waals surface area contributed by atoms with E-state index in [2.05, 4.69) is 47.8 Å². The van der Waals surface area contributed by atoms with Gasteiger partial charge < -0.3 is 15.6 Å². The standard InChI is InChI=1S/C36H61N2/c1-3-7-11-15-19-25-35-27-23-32-38(33-35)30-22-18-14-10-6-2-4-8-12-16-20-26-36-28-24-31-37(34-36)29-21-17-13-9-5-1/h23-24,27-28,31,33-34H,1-22,25-26,29-30,32H2/q-1/p+1. The minimum atomic E-state index is 1.19. The molecule has 0 amide bonds. The molecule has 2 heteroatoms. The largest absolute Gasteiger partial charge is 0.343 e. The fourth-order valence-corrected chi connectivity index (χ4v) is 6.41. The minimum absolute atomic E-state index is 1.19. The third kappa shape index (κ3) is 15.2. The molecule has 0 fully saturated rings. The van der Waals surface area contributed by atoms with Gasteiger partial charge in [-0.05, 0) is 50.9 Å². The van der Waals surface area contributed by atoms with Gasteiger partial charge in [0.25, 0.3) is 0 Å². The van der Waals surface area contributed by atoms with Crippen molar-refractivity contribution in [3.05, 3.63) is 48.5 Å². The lowest BCUT2D eigenvalue weighted by atomic mass is 9.98. The van der Waals surface area contributed by atoms with Crippen molar-refractivity contribution in [1.29, 1.82) is 0 Å². The van der Waals surface area contributed by atoms with Crippen molar-refractivity contribution >= 4 is 6.21 Å². The number of allylic oxidation sites excluding steroid dienone is 3. The van der Waals surface area contributed by atoms with Gasteiger partial charge in [-0.15, -0.1) is 6.42 Å². The van der Waals surface area contributed by atoms with Gasteiger partial charge in [-0.3, -0.25) is 6.08 Å². The Morgan fingerprint density at radius 2 is 1.18 bits per heavy atom. The van der Waals surface area contributed by atoms with Gasteiger partial charge in [0.05, 0.1) is 12.7 Å². The van der Waals surface area contributed by atoms with E-state index in [-0.39, 0.29) is 0 Å². The second-order valence-electron chi connectivity index (χ2n) is 12.5. The van der Waals surface area contributed by atoms with E-state index >= 15 is 0 Å². The van der Waals surface area contributed by atoms with E-state index in [1.165, 1.54) is 180 Å². The van der Waals surface area contributed by atoms with Gasteiger partial charge in [0.15, 0.2) is 0 Å². The molecule has 2 nitrogen and oxygen atoms in total. The second kappa shape index (κ2) is 21.4. The van der Waals surface area contributed by atoms with Crippen molar-refractivity contribution in [1.82, 2.24) is 0 Å². The Morgan fingerprint density at radius 1 is 0.632 bits per heavy atom. The lowest BCUT2D eigenvalue weighted by Crippen LogP contribution is -3.07. The predicted octanol–water partition coefficient (Wildman–Crippen LogP) is 9.09. The third-order valence-corrected chi connectivity index (χ3v) is 8.87. The number of nitrogens with zero attached hydrogens (tertiary/aromatic N) is 1. The normalized spacial score (nSPS) is 25.7. The Labute approximate surface area is 237 Å². The van der Waals surface area contributed by atoms with Crippen molar-refractivity contribution in [2.45, 2.75) is 154 Å². The van der Waals surface area contributed by atoms with E-state index in [0.717, 1.165) is 0 Å². The van der Waals surface area contributed by atoms with E-state index in [1.54, 1.807) is 10.5 Å². The maximum absolute atomic E-state index is 2.55. The number of fused-ring (bicyclic) bond motifs is 2. The quantitative estimate of drug-likeness (QED) is 0.240. The molecule has 4 bridgehead atoms. The molecular weight excluding hydrogens is 460 g/mol. The van der Waals surface area contributed by atoms with Crippen molar-refractivity contribution in [3.63, 3.8) is 0 Å². The molecule has 3 rings (SSSR count). The zero-order valence-corrected chi connectivity index (χ0v) is 25.1. The highest BCUT2D eigenvalue weighted by Gasteiger charge is 2.10. The number of hydrogen-bond donors (Lipinski definition) is 1. The summed E-state index contributed by atoms with van der Waals surface area (Å²) in [7, 11) is 0. The van der Waals surface area contributed by atoms with Crippen LogP contribution in [0.1, 0.15) is 154 Å². The average molecular weight is 523 g/mol. The highest BCUT2D eigenvalue weighted by Crippen LogP contribution is 2.18. The molecule has 0 aliphatic carbocycles. The Balaban J connectivity index is 1.31. The molecule has 3 aliphatic rings. The zero-order valence-electron chi connectivity index (χ0n) is 25.1. The Hall–Kier alpha value is -1.41. The molecule has 38 heavy (non-hydrogen) atoms. The molecule has 0 saturated heterocycles. The van der Waals surface area contributed by atoms with Crippen LogP contribution >= 0.6 is 0 Å². The summed E-state index contributed by atoms with van der Waals surface area (Å²) in [4.78, 5) is 1.69. The lowest BCUT2D eigenvalue weighted by Gasteiger charge is -2.28. The molecule has 1 atom stereocenters. The van der Waals surface area contributed by atoms with E-state index in [1.807, 2.05) is 0 Å². The van der Waals surface area contributed by atoms with Gasteiger partial charge in [-0.25, -0.2) is 5.92 Å². The first kappa shape index (κ1) is 31.1. The van der Waals surface area contributed by atoms with Crippen molar-refractivity contribution in [3.8, 4) is 0 Å². The Kier molecular flexibility index (Phi) is 17.5. The smallest absolute Gasteiger partial charge is 0.123 e. The summed E-state index contributed by atoms with van der Waals surface area (Å²) in [6, 6.07) is 0. The van der Waals surface area contributed by atoms with Crippen LogP contribution in [-0.4, -0.2) is 30.4 Å². The number of hydrogen-bond acceptors (Lipinski definition) is 0. The molecule has 3 aliphatic heterocycles. The third-order valence-electron chi connectivity index (χ3n) is 8.87. The first-order chi connectivity index (χ1) is 18.9. The van der Waals surface area contributed by atoms with Crippen molar-refractivity contribution in [2.75, 3.05) is 19.6 Å². The summed E-state index contributed by atoms with van der Waals surface area (Å²) in [6.07, 6.45) is 48.2. The molecule has 0 radical (unpaired) electrons. The molecular formula is C36H62N2. The van der Waals surface area contributed by atoms with Crippen LogP contribution in [0.5, 0.6) is 0 Å². The molecule has 0 saturated carbocycles. The molecule has 0 aromatic rings. The van der Waals surface area contributed by atoms with Gasteiger partial charge in [-0.1, -0.05) is 115 Å². The first-order valence-corrected chi connectivity index (χ1v) is 17.1. The summed E-state index contributed by atoms with van der Waals surface area (Å²) in [5, 5.41) is 0. The zero-order chi connectivity index (χ0) is 26.4. The first-order valence-electron chi connectivity index (χ1n) is 17.1. The van der Waals surface area contributed by atoms with Crippen LogP contribution in [0, 0.1) is 12.5 Å². The van der Waals surface area contributed by atoms with Crippen LogP contribution in [0.3, 0.4) is 0 Å². The molecule has 1 unspecified atom stereocenters. The van der Waals surface area contributed by atoms with Crippen LogP contribution in [0.4, 0.5) is 0 Å². The Morgan fingerprint density at radius 3 is 1.84 bits per heavy atom. The number of quaternary nitrogens is 1. The minimum Gasteiger partial charge on any atom is -0.343 e. The fraction of sp³-hybridized carbons (Fsp3) is 0.750. The van der Waals surface area contributed by atoms with Crippen molar-refractivity contribution < 1.29 is 9.48 Å². The maximum atomic E-state index is 2.55. The van der Waals surface area contributed by atoms with E-state index < -0.39 is 0 Å². The van der Waals surface area contributed by atoms with Crippen LogP contribution in [0.15, 0.2) is 36.1 Å². The van der Waals surface area contributed by atoms with Gasteiger partial charge >= 0.3 is 0 Å². The second-order valence-corrected chi connectivity index (χ2v) is 12.5. The van der Waals surface area contributed by atoms with E-state index in [4.69, 9.17) is 0 Å². The summed E-state index contributed by atoms with van der Waals surface area (Å²) in [5.41, 5.74) is 1.60. The summed E-state index contributed by atoms with van der Waals surface area (Å²) >= 11 is 0. The SMILES string of the molecule is C1=C[C-]2C=[N+]([CH-]1)CCCCCCCCCCCCCC1=C[NH+](CC=C1)CCCCCCCCCCCCC2. The maximum Gasteiger partial charge on any atom is 0.123 e. The molecule has 0 aromatic carbocycles. The highest BCUT2D eigenvalue weighted by molar-refractivity contribution is 5.74. The molecule has 0 spiro atoms. The highest BCUT2D eigenvalue weighted by atomic mass is 15.1. The predicted molar refractivity (Wildman–Crippen MR) is 167 cm³/mol. The molecule has 1 N–H and O–H groups in total. The van der Waals surface area contributed by atoms with E-state index in [9.17, 15) is 0 Å². The van der Waals surface area contributed by atoms with E-state index in [0.29, 0.717) is 0 Å². The van der Waals surface area contributed by atoms with Crippen LogP contribution in [-0.2, 0) is 0 Å². The molecule has 0 aromatic heterocycles. The van der Waals surface area contributed by atoms with Crippen LogP contribution in [0.2, 0.25) is 0 Å². The average Bonchev–Trinajstić information content (AvgIpc) is 2.94. The van der Waals surface area contributed by atoms with Gasteiger partial charge in [0.1, 0.15) is 13.1 Å². The summed E-state index contributed by atoms with van der Waals surface area (Å²) in [6.45, 7) is 6.00. The van der Waals surface area contributed by atoms with Gasteiger partial charge in [0, 0.05) is 12.0 Å². The topological polar surface area (TPSA) is 7.45 Å². The number of rotatable bonds is 0. The van der Waals surface area contributed by atoms with Crippen LogP contribution in [0.25, 0.3) is 0 Å². The summed E-state index contributed by atoms with van der Waals surface area (Å²) < 4.78 is 2.44. The molecule has 3 heterocycles.